The van der Waals surface area contributed by atoms with Crippen molar-refractivity contribution in [3.8, 4) is 0 Å². The van der Waals surface area contributed by atoms with Gasteiger partial charge in [-0.1, -0.05) is 70.4 Å². The first-order valence-electron chi connectivity index (χ1n) is 15.4. The second-order valence-corrected chi connectivity index (χ2v) is 11.3. The molecule has 5 nitrogen and oxygen atoms in total. The molecule has 1 heterocycles. The van der Waals surface area contributed by atoms with Crippen LogP contribution < -0.4 is 0 Å². The zero-order chi connectivity index (χ0) is 27.1. The Bertz CT molecular complexity index is 709. The molecule has 0 radical (unpaired) electrons. The van der Waals surface area contributed by atoms with Gasteiger partial charge < -0.3 is 14.2 Å². The van der Waals surface area contributed by atoms with Crippen molar-refractivity contribution in [2.24, 2.45) is 5.92 Å². The van der Waals surface area contributed by atoms with Crippen molar-refractivity contribution in [3.05, 3.63) is 29.9 Å². The molecule has 37 heavy (non-hydrogen) atoms. The Morgan fingerprint density at radius 3 is 2.32 bits per heavy atom. The van der Waals surface area contributed by atoms with Gasteiger partial charge in [0, 0.05) is 25.4 Å². The molecule has 1 atom stereocenters. The van der Waals surface area contributed by atoms with Gasteiger partial charge in [-0.15, -0.1) is 0 Å². The first-order valence-corrected chi connectivity index (χ1v) is 15.4. The molecule has 5 heteroatoms. The highest BCUT2D eigenvalue weighted by Crippen LogP contribution is 2.15. The standard InChI is InChI=1S/C32H59N3O2/c1-6-7-14-22-34(24-16-17-25-35-26-21-33-31(35)5)23-15-9-8-10-18-27-37-32(36)28-30(4)20-13-11-12-19-29(2)3/h19,21,26,30H,6-18,20,22-25,27-28H2,1-5H3. The van der Waals surface area contributed by atoms with Gasteiger partial charge in [0.1, 0.15) is 5.82 Å². The van der Waals surface area contributed by atoms with E-state index in [0.717, 1.165) is 38.1 Å². The summed E-state index contributed by atoms with van der Waals surface area (Å²) < 4.78 is 7.76. The van der Waals surface area contributed by atoms with E-state index in [1.54, 1.807) is 0 Å². The second-order valence-electron chi connectivity index (χ2n) is 11.3. The lowest BCUT2D eigenvalue weighted by Crippen LogP contribution is -2.27. The van der Waals surface area contributed by atoms with Gasteiger partial charge in [-0.3, -0.25) is 4.79 Å². The molecule has 0 aliphatic rings. The summed E-state index contributed by atoms with van der Waals surface area (Å²) in [7, 11) is 0. The summed E-state index contributed by atoms with van der Waals surface area (Å²) in [6.07, 6.45) is 23.9. The maximum absolute atomic E-state index is 12.1. The number of rotatable bonds is 24. The molecule has 0 aromatic carbocycles. The average molecular weight is 518 g/mol. The minimum absolute atomic E-state index is 0.0114. The second kappa shape index (κ2) is 22.4. The zero-order valence-corrected chi connectivity index (χ0v) is 25.1. The molecule has 0 N–H and O–H groups in total. The van der Waals surface area contributed by atoms with Gasteiger partial charge in [0.15, 0.2) is 0 Å². The molecule has 0 bridgehead atoms. The number of carbonyl (C=O) groups excluding carboxylic acids is 1. The summed E-state index contributed by atoms with van der Waals surface area (Å²) in [6.45, 7) is 16.2. The fraction of sp³-hybridized carbons (Fsp3) is 0.812. The van der Waals surface area contributed by atoms with Crippen LogP contribution in [-0.4, -0.2) is 46.7 Å². The van der Waals surface area contributed by atoms with Gasteiger partial charge in [0.2, 0.25) is 0 Å². The topological polar surface area (TPSA) is 47.4 Å². The highest BCUT2D eigenvalue weighted by Gasteiger charge is 2.10. The first-order chi connectivity index (χ1) is 17.9. The maximum atomic E-state index is 12.1. The summed E-state index contributed by atoms with van der Waals surface area (Å²) in [5.41, 5.74) is 1.39. The van der Waals surface area contributed by atoms with Crippen molar-refractivity contribution in [1.82, 2.24) is 14.5 Å². The molecule has 1 unspecified atom stereocenters. The van der Waals surface area contributed by atoms with Crippen LogP contribution in [0.2, 0.25) is 0 Å². The number of imidazole rings is 1. The predicted octanol–water partition coefficient (Wildman–Crippen LogP) is 8.51. The van der Waals surface area contributed by atoms with Crippen molar-refractivity contribution in [2.75, 3.05) is 26.2 Å². The van der Waals surface area contributed by atoms with Gasteiger partial charge in [-0.05, 0) is 91.3 Å². The average Bonchev–Trinajstić information content (AvgIpc) is 3.27. The Kier molecular flexibility index (Phi) is 20.2. The van der Waals surface area contributed by atoms with E-state index in [1.807, 2.05) is 6.20 Å². The van der Waals surface area contributed by atoms with Crippen LogP contribution in [0.4, 0.5) is 0 Å². The molecular weight excluding hydrogens is 458 g/mol. The minimum atomic E-state index is -0.0114. The normalized spacial score (nSPS) is 12.2. The van der Waals surface area contributed by atoms with Crippen molar-refractivity contribution in [3.63, 3.8) is 0 Å². The molecule has 0 aliphatic heterocycles. The summed E-state index contributed by atoms with van der Waals surface area (Å²) in [6, 6.07) is 0. The molecule has 0 amide bonds. The SMILES string of the molecule is CCCCCN(CCCCCCCOC(=O)CC(C)CCCCC=C(C)C)CCCCn1ccnc1C. The van der Waals surface area contributed by atoms with E-state index in [9.17, 15) is 4.79 Å². The number of carbonyl (C=O) groups is 1. The Morgan fingerprint density at radius 2 is 1.65 bits per heavy atom. The van der Waals surface area contributed by atoms with Gasteiger partial charge in [0.25, 0.3) is 0 Å². The molecule has 0 saturated heterocycles. The van der Waals surface area contributed by atoms with E-state index in [4.69, 9.17) is 4.74 Å². The third-order valence-electron chi connectivity index (χ3n) is 7.23. The fourth-order valence-corrected chi connectivity index (χ4v) is 4.81. The monoisotopic (exact) mass is 517 g/mol. The molecular formula is C32H59N3O2. The molecule has 0 fully saturated rings. The van der Waals surface area contributed by atoms with E-state index < -0.39 is 0 Å². The van der Waals surface area contributed by atoms with Gasteiger partial charge in [0.05, 0.1) is 6.61 Å². The number of hydrogen-bond donors (Lipinski definition) is 0. The summed E-state index contributed by atoms with van der Waals surface area (Å²) in [5, 5.41) is 0. The van der Waals surface area contributed by atoms with Gasteiger partial charge in [-0.2, -0.15) is 0 Å². The Labute approximate surface area is 229 Å². The van der Waals surface area contributed by atoms with Crippen LogP contribution in [0.3, 0.4) is 0 Å². The molecule has 214 valence electrons. The number of esters is 1. The molecule has 0 saturated carbocycles. The largest absolute Gasteiger partial charge is 0.466 e. The molecule has 1 aromatic rings. The van der Waals surface area contributed by atoms with Crippen molar-refractivity contribution in [2.45, 2.75) is 137 Å². The number of aryl methyl sites for hydroxylation is 2. The highest BCUT2D eigenvalue weighted by molar-refractivity contribution is 5.69. The number of hydrogen-bond acceptors (Lipinski definition) is 4. The van der Waals surface area contributed by atoms with Crippen molar-refractivity contribution in [1.29, 1.82) is 0 Å². The predicted molar refractivity (Wildman–Crippen MR) is 158 cm³/mol. The summed E-state index contributed by atoms with van der Waals surface area (Å²) >= 11 is 0. The number of ether oxygens (including phenoxy) is 1. The molecule has 0 aliphatic carbocycles. The zero-order valence-electron chi connectivity index (χ0n) is 25.1. The van der Waals surface area contributed by atoms with Crippen LogP contribution in [0.1, 0.15) is 130 Å². The molecule has 1 rings (SSSR count). The third-order valence-corrected chi connectivity index (χ3v) is 7.23. The fourth-order valence-electron chi connectivity index (χ4n) is 4.81. The Morgan fingerprint density at radius 1 is 0.973 bits per heavy atom. The van der Waals surface area contributed by atoms with Gasteiger partial charge >= 0.3 is 5.97 Å². The van der Waals surface area contributed by atoms with Crippen LogP contribution >= 0.6 is 0 Å². The van der Waals surface area contributed by atoms with Crippen molar-refractivity contribution < 1.29 is 9.53 Å². The van der Waals surface area contributed by atoms with E-state index >= 15 is 0 Å². The van der Waals surface area contributed by atoms with E-state index in [0.29, 0.717) is 18.9 Å². The van der Waals surface area contributed by atoms with E-state index in [2.05, 4.69) is 61.3 Å². The lowest BCUT2D eigenvalue weighted by atomic mass is 10.00. The lowest BCUT2D eigenvalue weighted by molar-refractivity contribution is -0.144. The van der Waals surface area contributed by atoms with Gasteiger partial charge in [-0.25, -0.2) is 4.98 Å². The van der Waals surface area contributed by atoms with Crippen LogP contribution in [0.5, 0.6) is 0 Å². The highest BCUT2D eigenvalue weighted by atomic mass is 16.5. The quantitative estimate of drug-likeness (QED) is 0.0783. The molecule has 1 aromatic heterocycles. The summed E-state index contributed by atoms with van der Waals surface area (Å²) in [5.74, 6) is 1.53. The first kappa shape index (κ1) is 33.4. The molecule has 0 spiro atoms. The number of aromatic nitrogens is 2. The van der Waals surface area contributed by atoms with Crippen LogP contribution in [0.15, 0.2) is 24.0 Å². The number of nitrogens with zero attached hydrogens (tertiary/aromatic N) is 3. The van der Waals surface area contributed by atoms with Crippen molar-refractivity contribution >= 4 is 5.97 Å². The maximum Gasteiger partial charge on any atom is 0.306 e. The van der Waals surface area contributed by atoms with Crippen LogP contribution in [0, 0.1) is 12.8 Å². The Balaban J connectivity index is 2.05. The van der Waals surface area contributed by atoms with Crippen LogP contribution in [-0.2, 0) is 16.1 Å². The summed E-state index contributed by atoms with van der Waals surface area (Å²) in [4.78, 5) is 19.1. The third kappa shape index (κ3) is 19.2. The van der Waals surface area contributed by atoms with E-state index in [-0.39, 0.29) is 5.97 Å². The smallest absolute Gasteiger partial charge is 0.306 e. The number of allylic oxidation sites excluding steroid dienone is 2. The van der Waals surface area contributed by atoms with Crippen LogP contribution in [0.25, 0.3) is 0 Å². The van der Waals surface area contributed by atoms with E-state index in [1.165, 1.54) is 89.4 Å². The Hall–Kier alpha value is -1.62. The number of unbranched alkanes of at least 4 members (excludes halogenated alkanes) is 9. The minimum Gasteiger partial charge on any atom is -0.466 e. The lowest BCUT2D eigenvalue weighted by Gasteiger charge is -2.22.